The number of aromatic hydroxyl groups is 1. The van der Waals surface area contributed by atoms with E-state index in [0.29, 0.717) is 34.8 Å². The molecule has 0 spiro atoms. The maximum absolute atomic E-state index is 13.1. The van der Waals surface area contributed by atoms with E-state index in [1.165, 1.54) is 4.57 Å². The number of alkyl carbamates (subject to hydrolysis) is 1. The molecule has 0 saturated heterocycles. The van der Waals surface area contributed by atoms with E-state index in [4.69, 9.17) is 16.3 Å². The number of aryl methyl sites for hydroxylation is 3. The van der Waals surface area contributed by atoms with Gasteiger partial charge in [-0.25, -0.2) is 4.79 Å². The van der Waals surface area contributed by atoms with Crippen molar-refractivity contribution in [2.45, 2.75) is 65.8 Å². The molecule has 9 nitrogen and oxygen atoms in total. The highest BCUT2D eigenvalue weighted by Crippen LogP contribution is 2.17. The van der Waals surface area contributed by atoms with E-state index in [9.17, 15) is 19.5 Å². The molecule has 0 aliphatic carbocycles. The number of amides is 2. The molecule has 2 amide bonds. The first-order valence-electron chi connectivity index (χ1n) is 12.3. The first-order valence-corrected chi connectivity index (χ1v) is 12.6. The molecule has 0 aliphatic heterocycles. The van der Waals surface area contributed by atoms with Crippen molar-refractivity contribution in [2.24, 2.45) is 0 Å². The van der Waals surface area contributed by atoms with Crippen LogP contribution in [0.5, 0.6) is 5.75 Å². The summed E-state index contributed by atoms with van der Waals surface area (Å²) in [6.45, 7) is 7.82. The van der Waals surface area contributed by atoms with E-state index in [1.54, 1.807) is 76.5 Å². The van der Waals surface area contributed by atoms with Crippen LogP contribution in [0.15, 0.2) is 53.6 Å². The van der Waals surface area contributed by atoms with Crippen molar-refractivity contribution in [1.82, 2.24) is 20.2 Å². The fourth-order valence-electron chi connectivity index (χ4n) is 3.78. The lowest BCUT2D eigenvalue weighted by atomic mass is 10.1. The van der Waals surface area contributed by atoms with Gasteiger partial charge in [-0.05, 0) is 74.7 Å². The summed E-state index contributed by atoms with van der Waals surface area (Å²) in [5.74, 6) is -0.245. The van der Waals surface area contributed by atoms with Crippen LogP contribution in [0.1, 0.15) is 48.7 Å². The lowest BCUT2D eigenvalue weighted by molar-refractivity contribution is -0.120. The van der Waals surface area contributed by atoms with Gasteiger partial charge in [0.1, 0.15) is 11.4 Å². The molecule has 2 aromatic heterocycles. The number of carbonyl (C=O) groups excluding carboxylic acids is 2. The van der Waals surface area contributed by atoms with Crippen LogP contribution in [-0.2, 0) is 42.0 Å². The molecule has 202 valence electrons. The Morgan fingerprint density at radius 3 is 2.55 bits per heavy atom. The fraction of sp³-hybridized carbons (Fsp3) is 0.357. The number of ether oxygens (including phenoxy) is 1. The highest BCUT2D eigenvalue weighted by atomic mass is 35.5. The summed E-state index contributed by atoms with van der Waals surface area (Å²) in [4.78, 5) is 42.1. The number of hydrogen-bond donors (Lipinski definition) is 3. The van der Waals surface area contributed by atoms with Crippen molar-refractivity contribution in [2.75, 3.05) is 0 Å². The van der Waals surface area contributed by atoms with Crippen molar-refractivity contribution in [3.05, 3.63) is 92.1 Å². The highest BCUT2D eigenvalue weighted by molar-refractivity contribution is 6.30. The van der Waals surface area contributed by atoms with Gasteiger partial charge >= 0.3 is 6.09 Å². The zero-order valence-electron chi connectivity index (χ0n) is 22.0. The van der Waals surface area contributed by atoms with Crippen LogP contribution in [0.2, 0.25) is 5.02 Å². The van der Waals surface area contributed by atoms with Gasteiger partial charge in [0.25, 0.3) is 5.56 Å². The molecule has 10 heteroatoms. The van der Waals surface area contributed by atoms with E-state index in [1.807, 2.05) is 0 Å². The van der Waals surface area contributed by atoms with Crippen LogP contribution in [-0.4, -0.2) is 32.3 Å². The van der Waals surface area contributed by atoms with Gasteiger partial charge in [-0.1, -0.05) is 17.7 Å². The van der Waals surface area contributed by atoms with E-state index in [-0.39, 0.29) is 36.7 Å². The van der Waals surface area contributed by atoms with E-state index < -0.39 is 11.7 Å². The minimum Gasteiger partial charge on any atom is -0.506 e. The van der Waals surface area contributed by atoms with Crippen LogP contribution >= 0.6 is 11.6 Å². The number of halogens is 1. The highest BCUT2D eigenvalue weighted by Gasteiger charge is 2.17. The second-order valence-corrected chi connectivity index (χ2v) is 10.4. The first kappa shape index (κ1) is 28.7. The summed E-state index contributed by atoms with van der Waals surface area (Å²) in [6.07, 6.45) is 3.00. The van der Waals surface area contributed by atoms with Crippen LogP contribution in [0.3, 0.4) is 0 Å². The molecule has 3 aromatic rings. The topological polar surface area (TPSA) is 123 Å². The van der Waals surface area contributed by atoms with Crippen LogP contribution in [0, 0.1) is 6.92 Å². The van der Waals surface area contributed by atoms with Gasteiger partial charge < -0.3 is 25.0 Å². The number of rotatable bonds is 9. The Morgan fingerprint density at radius 2 is 1.84 bits per heavy atom. The van der Waals surface area contributed by atoms with Crippen molar-refractivity contribution in [3.8, 4) is 5.75 Å². The Hall–Kier alpha value is -3.85. The SMILES string of the molecule is Cc1ccn(CCc2ncccc2O)c(=O)c1CC(=O)NCc1cc(Cl)ccc1CNC(=O)OC(C)(C)C. The van der Waals surface area contributed by atoms with Crippen molar-refractivity contribution >= 4 is 23.6 Å². The maximum atomic E-state index is 13.1. The average Bonchev–Trinajstić information content (AvgIpc) is 2.84. The Labute approximate surface area is 226 Å². The molecule has 2 heterocycles. The van der Waals surface area contributed by atoms with Gasteiger partial charge in [-0.2, -0.15) is 0 Å². The number of nitrogens with zero attached hydrogens (tertiary/aromatic N) is 2. The van der Waals surface area contributed by atoms with E-state index >= 15 is 0 Å². The number of nitrogens with one attached hydrogen (secondary N) is 2. The third kappa shape index (κ3) is 8.34. The minimum atomic E-state index is -0.616. The lowest BCUT2D eigenvalue weighted by Crippen LogP contribution is -2.33. The smallest absolute Gasteiger partial charge is 0.407 e. The Morgan fingerprint density at radius 1 is 1.11 bits per heavy atom. The van der Waals surface area contributed by atoms with Crippen LogP contribution < -0.4 is 16.2 Å². The number of hydrogen-bond acceptors (Lipinski definition) is 6. The number of benzene rings is 1. The second-order valence-electron chi connectivity index (χ2n) is 9.92. The Kier molecular flexibility index (Phi) is 9.52. The number of pyridine rings is 2. The molecule has 3 rings (SSSR count). The standard InChI is InChI=1S/C28H33ClN4O5/c1-18-9-12-33(13-10-23-24(34)6-5-11-30-23)26(36)22(18)15-25(35)31-17-20-14-21(29)8-7-19(20)16-32-27(37)38-28(2,3)4/h5-9,11-12,14,34H,10,13,15-17H2,1-4H3,(H,31,35)(H,32,37). The molecule has 0 aliphatic rings. The largest absolute Gasteiger partial charge is 0.506 e. The Balaban J connectivity index is 1.64. The molecule has 3 N–H and O–H groups in total. The molecule has 0 bridgehead atoms. The van der Waals surface area contributed by atoms with Crippen molar-refractivity contribution in [3.63, 3.8) is 0 Å². The van der Waals surface area contributed by atoms with Crippen LogP contribution in [0.4, 0.5) is 4.79 Å². The van der Waals surface area contributed by atoms with Crippen molar-refractivity contribution in [1.29, 1.82) is 0 Å². The zero-order valence-corrected chi connectivity index (χ0v) is 22.8. The molecule has 0 saturated carbocycles. The van der Waals surface area contributed by atoms with Gasteiger partial charge in [-0.15, -0.1) is 0 Å². The molecule has 38 heavy (non-hydrogen) atoms. The van der Waals surface area contributed by atoms with E-state index in [2.05, 4.69) is 15.6 Å². The predicted octanol–water partition coefficient (Wildman–Crippen LogP) is 4.04. The van der Waals surface area contributed by atoms with Gasteiger partial charge in [0.2, 0.25) is 5.91 Å². The van der Waals surface area contributed by atoms with Gasteiger partial charge in [-0.3, -0.25) is 14.6 Å². The van der Waals surface area contributed by atoms with Gasteiger partial charge in [0.15, 0.2) is 0 Å². The van der Waals surface area contributed by atoms with Crippen molar-refractivity contribution < 1.29 is 19.4 Å². The quantitative estimate of drug-likeness (QED) is 0.376. The van der Waals surface area contributed by atoms with Gasteiger partial charge in [0, 0.05) is 49.0 Å². The molecule has 0 fully saturated rings. The molecule has 0 atom stereocenters. The van der Waals surface area contributed by atoms with E-state index in [0.717, 1.165) is 11.1 Å². The molecule has 0 unspecified atom stereocenters. The second kappa shape index (κ2) is 12.6. The Bertz CT molecular complexity index is 1360. The average molecular weight is 541 g/mol. The summed E-state index contributed by atoms with van der Waals surface area (Å²) in [5, 5.41) is 16.0. The third-order valence-electron chi connectivity index (χ3n) is 5.76. The van der Waals surface area contributed by atoms with Crippen LogP contribution in [0.25, 0.3) is 0 Å². The predicted molar refractivity (Wildman–Crippen MR) is 145 cm³/mol. The molecular weight excluding hydrogens is 508 g/mol. The summed E-state index contributed by atoms with van der Waals surface area (Å²) in [7, 11) is 0. The summed E-state index contributed by atoms with van der Waals surface area (Å²) in [5.41, 5.74) is 2.24. The summed E-state index contributed by atoms with van der Waals surface area (Å²) >= 11 is 6.17. The third-order valence-corrected chi connectivity index (χ3v) is 5.99. The maximum Gasteiger partial charge on any atom is 0.407 e. The monoisotopic (exact) mass is 540 g/mol. The summed E-state index contributed by atoms with van der Waals surface area (Å²) in [6, 6.07) is 10.2. The normalized spacial score (nSPS) is 11.2. The molecule has 1 aromatic carbocycles. The molecular formula is C28H33ClN4O5. The fourth-order valence-corrected chi connectivity index (χ4v) is 3.98. The number of aromatic nitrogens is 2. The van der Waals surface area contributed by atoms with Gasteiger partial charge in [0.05, 0.1) is 12.1 Å². The summed E-state index contributed by atoms with van der Waals surface area (Å²) < 4.78 is 6.79. The number of carbonyl (C=O) groups is 2. The lowest BCUT2D eigenvalue weighted by Gasteiger charge is -2.20. The first-order chi connectivity index (χ1) is 17.9. The zero-order chi connectivity index (χ0) is 27.9. The molecule has 0 radical (unpaired) electrons. The minimum absolute atomic E-state index is 0.0777.